The molecular formula is C15H15N3O. The summed E-state index contributed by atoms with van der Waals surface area (Å²) in [5, 5.41) is 5.57. The van der Waals surface area contributed by atoms with Crippen LogP contribution in [0.3, 0.4) is 0 Å². The van der Waals surface area contributed by atoms with Crippen LogP contribution in [0, 0.1) is 6.92 Å². The molecule has 0 aliphatic carbocycles. The minimum atomic E-state index is 0.617. The van der Waals surface area contributed by atoms with Gasteiger partial charge in [-0.2, -0.15) is 5.10 Å². The number of carbonyl (C=O) groups excluding carboxylic acids is 1. The van der Waals surface area contributed by atoms with Gasteiger partial charge in [0.25, 0.3) is 0 Å². The summed E-state index contributed by atoms with van der Waals surface area (Å²) in [7, 11) is 3.83. The normalized spacial score (nSPS) is 11.1. The molecular weight excluding hydrogens is 238 g/mol. The van der Waals surface area contributed by atoms with Crippen molar-refractivity contribution in [3.8, 4) is 11.4 Å². The molecule has 0 amide bonds. The topological polar surface area (TPSA) is 39.8 Å². The molecule has 0 saturated heterocycles. The summed E-state index contributed by atoms with van der Waals surface area (Å²) in [5.41, 5.74) is 4.71. The van der Waals surface area contributed by atoms with E-state index in [4.69, 9.17) is 0 Å². The number of benzene rings is 1. The van der Waals surface area contributed by atoms with E-state index in [1.807, 2.05) is 20.2 Å². The van der Waals surface area contributed by atoms with Crippen molar-refractivity contribution in [3.05, 3.63) is 41.6 Å². The standard InChI is InChI=1S/C15H15N3O/c1-10-5-4-6-11-7-13(18(3)15(10)11)14-12(9-19)8-17(2)16-14/h4-9H,1-3H3. The molecule has 0 aliphatic rings. The van der Waals surface area contributed by atoms with Crippen LogP contribution in [0.1, 0.15) is 15.9 Å². The smallest absolute Gasteiger partial charge is 0.153 e. The lowest BCUT2D eigenvalue weighted by Gasteiger charge is -2.04. The number of aldehydes is 1. The number of carbonyl (C=O) groups is 1. The summed E-state index contributed by atoms with van der Waals surface area (Å²) in [6.45, 7) is 2.09. The van der Waals surface area contributed by atoms with Crippen LogP contribution < -0.4 is 0 Å². The fraction of sp³-hybridized carbons (Fsp3) is 0.200. The van der Waals surface area contributed by atoms with E-state index >= 15 is 0 Å². The van der Waals surface area contributed by atoms with Crippen LogP contribution in [0.4, 0.5) is 0 Å². The van der Waals surface area contributed by atoms with E-state index in [1.165, 1.54) is 16.5 Å². The van der Waals surface area contributed by atoms with Crippen molar-refractivity contribution in [2.75, 3.05) is 0 Å². The first kappa shape index (κ1) is 11.7. The molecule has 0 unspecified atom stereocenters. The number of rotatable bonds is 2. The fourth-order valence-electron chi connectivity index (χ4n) is 2.64. The largest absolute Gasteiger partial charge is 0.342 e. The number of aryl methyl sites for hydroxylation is 3. The Hall–Kier alpha value is -2.36. The Morgan fingerprint density at radius 2 is 2.05 bits per heavy atom. The van der Waals surface area contributed by atoms with E-state index < -0.39 is 0 Å². The van der Waals surface area contributed by atoms with Gasteiger partial charge in [0.05, 0.1) is 16.8 Å². The summed E-state index contributed by atoms with van der Waals surface area (Å²) < 4.78 is 3.77. The minimum Gasteiger partial charge on any atom is -0.342 e. The summed E-state index contributed by atoms with van der Waals surface area (Å²) in [6, 6.07) is 8.29. The molecule has 0 fully saturated rings. The quantitative estimate of drug-likeness (QED) is 0.659. The van der Waals surface area contributed by atoms with Crippen LogP contribution in [-0.2, 0) is 14.1 Å². The molecule has 0 spiro atoms. The highest BCUT2D eigenvalue weighted by atomic mass is 16.1. The zero-order valence-electron chi connectivity index (χ0n) is 11.2. The maximum Gasteiger partial charge on any atom is 0.153 e. The van der Waals surface area contributed by atoms with Gasteiger partial charge in [0, 0.05) is 25.7 Å². The molecule has 4 nitrogen and oxygen atoms in total. The average molecular weight is 253 g/mol. The SMILES string of the molecule is Cc1cccc2cc(-c3nn(C)cc3C=O)n(C)c12. The van der Waals surface area contributed by atoms with E-state index in [1.54, 1.807) is 10.9 Å². The Morgan fingerprint density at radius 1 is 1.26 bits per heavy atom. The van der Waals surface area contributed by atoms with Gasteiger partial charge in [0.15, 0.2) is 6.29 Å². The van der Waals surface area contributed by atoms with Gasteiger partial charge in [-0.1, -0.05) is 18.2 Å². The molecule has 0 N–H and O–H groups in total. The van der Waals surface area contributed by atoms with Gasteiger partial charge in [0.1, 0.15) is 5.69 Å². The second kappa shape index (κ2) is 4.09. The lowest BCUT2D eigenvalue weighted by atomic mass is 10.1. The van der Waals surface area contributed by atoms with Gasteiger partial charge in [-0.15, -0.1) is 0 Å². The predicted octanol–water partition coefficient (Wildman–Crippen LogP) is 2.70. The van der Waals surface area contributed by atoms with Crippen LogP contribution in [-0.4, -0.2) is 20.6 Å². The van der Waals surface area contributed by atoms with E-state index in [9.17, 15) is 4.79 Å². The van der Waals surface area contributed by atoms with Crippen LogP contribution >= 0.6 is 0 Å². The van der Waals surface area contributed by atoms with Crippen LogP contribution in [0.25, 0.3) is 22.3 Å². The maximum absolute atomic E-state index is 11.1. The second-order valence-corrected chi connectivity index (χ2v) is 4.83. The molecule has 0 bridgehead atoms. The molecule has 3 rings (SSSR count). The van der Waals surface area contributed by atoms with Crippen molar-refractivity contribution < 1.29 is 4.79 Å². The maximum atomic E-state index is 11.1. The number of hydrogen-bond donors (Lipinski definition) is 0. The fourth-order valence-corrected chi connectivity index (χ4v) is 2.64. The van der Waals surface area contributed by atoms with Crippen molar-refractivity contribution in [1.29, 1.82) is 0 Å². The Labute approximate surface area is 111 Å². The Bertz CT molecular complexity index is 780. The van der Waals surface area contributed by atoms with Crippen molar-refractivity contribution in [2.24, 2.45) is 14.1 Å². The third-order valence-electron chi connectivity index (χ3n) is 3.48. The van der Waals surface area contributed by atoms with E-state index in [-0.39, 0.29) is 0 Å². The Morgan fingerprint density at radius 3 is 2.74 bits per heavy atom. The second-order valence-electron chi connectivity index (χ2n) is 4.83. The molecule has 2 heterocycles. The van der Waals surface area contributed by atoms with Crippen molar-refractivity contribution in [3.63, 3.8) is 0 Å². The van der Waals surface area contributed by atoms with Crippen LogP contribution in [0.5, 0.6) is 0 Å². The van der Waals surface area contributed by atoms with Gasteiger partial charge in [-0.3, -0.25) is 9.48 Å². The number of nitrogens with zero attached hydrogens (tertiary/aromatic N) is 3. The molecule has 19 heavy (non-hydrogen) atoms. The van der Waals surface area contributed by atoms with Crippen molar-refractivity contribution in [1.82, 2.24) is 14.3 Å². The van der Waals surface area contributed by atoms with Crippen molar-refractivity contribution >= 4 is 17.2 Å². The minimum absolute atomic E-state index is 0.617. The molecule has 2 aromatic heterocycles. The third-order valence-corrected chi connectivity index (χ3v) is 3.48. The molecule has 96 valence electrons. The van der Waals surface area contributed by atoms with Gasteiger partial charge in [-0.25, -0.2) is 0 Å². The zero-order valence-corrected chi connectivity index (χ0v) is 11.2. The van der Waals surface area contributed by atoms with E-state index in [2.05, 4.69) is 34.8 Å². The highest BCUT2D eigenvalue weighted by molar-refractivity contribution is 5.92. The first-order valence-corrected chi connectivity index (χ1v) is 6.16. The van der Waals surface area contributed by atoms with Crippen LogP contribution in [0.15, 0.2) is 30.5 Å². The Kier molecular flexibility index (Phi) is 2.52. The third kappa shape index (κ3) is 1.68. The molecule has 0 atom stereocenters. The van der Waals surface area contributed by atoms with Gasteiger partial charge < -0.3 is 4.57 Å². The first-order chi connectivity index (χ1) is 9.11. The van der Waals surface area contributed by atoms with Gasteiger partial charge in [0.2, 0.25) is 0 Å². The highest BCUT2D eigenvalue weighted by Gasteiger charge is 2.15. The predicted molar refractivity (Wildman–Crippen MR) is 75.2 cm³/mol. The number of aromatic nitrogens is 3. The lowest BCUT2D eigenvalue weighted by molar-refractivity contribution is 0.112. The van der Waals surface area contributed by atoms with Gasteiger partial charge >= 0.3 is 0 Å². The zero-order chi connectivity index (χ0) is 13.6. The summed E-state index contributed by atoms with van der Waals surface area (Å²) >= 11 is 0. The highest BCUT2D eigenvalue weighted by Crippen LogP contribution is 2.29. The number of para-hydroxylation sites is 1. The molecule has 0 aliphatic heterocycles. The summed E-state index contributed by atoms with van der Waals surface area (Å²) in [5.74, 6) is 0. The molecule has 1 aromatic carbocycles. The van der Waals surface area contributed by atoms with Crippen LogP contribution in [0.2, 0.25) is 0 Å². The van der Waals surface area contributed by atoms with Crippen molar-refractivity contribution in [2.45, 2.75) is 6.92 Å². The summed E-state index contributed by atoms with van der Waals surface area (Å²) in [4.78, 5) is 11.1. The molecule has 0 radical (unpaired) electrons. The first-order valence-electron chi connectivity index (χ1n) is 6.16. The lowest BCUT2D eigenvalue weighted by Crippen LogP contribution is -1.96. The number of hydrogen-bond acceptors (Lipinski definition) is 2. The molecule has 0 saturated carbocycles. The summed E-state index contributed by atoms with van der Waals surface area (Å²) in [6.07, 6.45) is 2.60. The monoisotopic (exact) mass is 253 g/mol. The molecule has 4 heteroatoms. The average Bonchev–Trinajstić information content (AvgIpc) is 2.91. The van der Waals surface area contributed by atoms with E-state index in [0.29, 0.717) is 5.56 Å². The Balaban J connectivity index is 2.34. The number of fused-ring (bicyclic) bond motifs is 1. The van der Waals surface area contributed by atoms with E-state index in [0.717, 1.165) is 17.7 Å². The molecule has 3 aromatic rings. The van der Waals surface area contributed by atoms with Gasteiger partial charge in [-0.05, 0) is 18.6 Å².